The second-order valence-electron chi connectivity index (χ2n) is 3.92. The summed E-state index contributed by atoms with van der Waals surface area (Å²) in [7, 11) is 0. The first kappa shape index (κ1) is 14.8. The Morgan fingerprint density at radius 1 is 1.33 bits per heavy atom. The maximum absolute atomic E-state index is 12.5. The fourth-order valence-corrected chi connectivity index (χ4v) is 1.90. The number of hydrogen-bond acceptors (Lipinski definition) is 2. The molecule has 18 heavy (non-hydrogen) atoms. The Balaban J connectivity index is 3.09. The molecule has 0 atom stereocenters. The minimum atomic E-state index is -4.25. The molecule has 0 unspecified atom stereocenters. The molecule has 100 valence electrons. The second-order valence-corrected chi connectivity index (χ2v) is 4.36. The van der Waals surface area contributed by atoms with Crippen molar-refractivity contribution in [2.45, 2.75) is 19.5 Å². The number of anilines is 1. The van der Waals surface area contributed by atoms with E-state index in [-0.39, 0.29) is 4.99 Å². The highest BCUT2D eigenvalue weighted by molar-refractivity contribution is 7.80. The van der Waals surface area contributed by atoms with Crippen LogP contribution in [0.25, 0.3) is 0 Å². The zero-order valence-electron chi connectivity index (χ0n) is 10.00. The summed E-state index contributed by atoms with van der Waals surface area (Å²) in [6.45, 7) is 1.13. The van der Waals surface area contributed by atoms with Gasteiger partial charge in [0, 0.05) is 17.8 Å². The molecule has 0 heterocycles. The van der Waals surface area contributed by atoms with Crippen molar-refractivity contribution in [2.75, 3.05) is 18.0 Å². The van der Waals surface area contributed by atoms with E-state index < -0.39 is 12.7 Å². The molecule has 0 aromatic heterocycles. The third-order valence-electron chi connectivity index (χ3n) is 2.37. The van der Waals surface area contributed by atoms with E-state index in [1.165, 1.54) is 4.90 Å². The maximum atomic E-state index is 12.5. The first-order valence-corrected chi connectivity index (χ1v) is 5.96. The van der Waals surface area contributed by atoms with Gasteiger partial charge in [-0.05, 0) is 18.6 Å². The molecule has 1 aromatic carbocycles. The van der Waals surface area contributed by atoms with Crippen LogP contribution in [0, 0.1) is 0 Å². The maximum Gasteiger partial charge on any atom is 0.405 e. The van der Waals surface area contributed by atoms with E-state index in [1.54, 1.807) is 24.3 Å². The molecule has 0 spiro atoms. The highest BCUT2D eigenvalue weighted by Crippen LogP contribution is 2.25. The number of rotatable bonds is 5. The number of nitrogens with two attached hydrogens (primary N) is 1. The fraction of sp³-hybridized carbons (Fsp3) is 0.417. The lowest BCUT2D eigenvalue weighted by molar-refractivity contribution is -0.119. The van der Waals surface area contributed by atoms with Crippen LogP contribution in [-0.4, -0.2) is 24.3 Å². The second kappa shape index (κ2) is 6.04. The van der Waals surface area contributed by atoms with Gasteiger partial charge in [0.25, 0.3) is 0 Å². The van der Waals surface area contributed by atoms with Crippen LogP contribution in [0.15, 0.2) is 24.3 Å². The van der Waals surface area contributed by atoms with Gasteiger partial charge in [-0.1, -0.05) is 31.3 Å². The van der Waals surface area contributed by atoms with E-state index in [0.717, 1.165) is 0 Å². The first-order chi connectivity index (χ1) is 8.35. The molecule has 0 fully saturated rings. The topological polar surface area (TPSA) is 29.3 Å². The molecule has 1 rings (SSSR count). The number of alkyl halides is 3. The van der Waals surface area contributed by atoms with Gasteiger partial charge in [-0.2, -0.15) is 13.2 Å². The van der Waals surface area contributed by atoms with E-state index in [0.29, 0.717) is 24.2 Å². The van der Waals surface area contributed by atoms with Crippen LogP contribution in [0.2, 0.25) is 0 Å². The standard InChI is InChI=1S/C12H15F3N2S/c1-2-7-17(8-12(13,14)15)10-6-4-3-5-9(10)11(16)18/h3-6H,2,7-8H2,1H3,(H2,16,18). The molecule has 0 amide bonds. The lowest BCUT2D eigenvalue weighted by Gasteiger charge is -2.27. The predicted octanol–water partition coefficient (Wildman–Crippen LogP) is 3.10. The molecule has 0 bridgehead atoms. The number of thiocarbonyl (C=S) groups is 1. The molecule has 6 heteroatoms. The summed E-state index contributed by atoms with van der Waals surface area (Å²) < 4.78 is 37.6. The summed E-state index contributed by atoms with van der Waals surface area (Å²) in [6, 6.07) is 6.62. The van der Waals surface area contributed by atoms with Crippen LogP contribution < -0.4 is 10.6 Å². The Hall–Kier alpha value is -1.30. The summed E-state index contributed by atoms with van der Waals surface area (Å²) in [5.74, 6) is 0. The molecule has 0 aliphatic heterocycles. The quantitative estimate of drug-likeness (QED) is 0.838. The summed E-state index contributed by atoms with van der Waals surface area (Å²) in [4.78, 5) is 1.36. The molecule has 0 aliphatic carbocycles. The van der Waals surface area contributed by atoms with Crippen molar-refractivity contribution in [2.24, 2.45) is 5.73 Å². The van der Waals surface area contributed by atoms with Crippen LogP contribution in [0.1, 0.15) is 18.9 Å². The van der Waals surface area contributed by atoms with E-state index in [2.05, 4.69) is 0 Å². The van der Waals surface area contributed by atoms with Gasteiger partial charge in [0.15, 0.2) is 0 Å². The number of benzene rings is 1. The van der Waals surface area contributed by atoms with Gasteiger partial charge >= 0.3 is 6.18 Å². The molecule has 0 saturated heterocycles. The molecule has 0 saturated carbocycles. The SMILES string of the molecule is CCCN(CC(F)(F)F)c1ccccc1C(N)=S. The molecule has 0 aliphatic rings. The third kappa shape index (κ3) is 4.18. The van der Waals surface area contributed by atoms with Crippen LogP contribution >= 0.6 is 12.2 Å². The minimum absolute atomic E-state index is 0.105. The van der Waals surface area contributed by atoms with Crippen molar-refractivity contribution in [3.05, 3.63) is 29.8 Å². The Bertz CT molecular complexity index is 418. The zero-order chi connectivity index (χ0) is 13.8. The smallest absolute Gasteiger partial charge is 0.389 e. The van der Waals surface area contributed by atoms with Crippen LogP contribution in [0.4, 0.5) is 18.9 Å². The van der Waals surface area contributed by atoms with Gasteiger partial charge < -0.3 is 10.6 Å². The van der Waals surface area contributed by atoms with Crippen LogP contribution in [-0.2, 0) is 0 Å². The van der Waals surface area contributed by atoms with Crippen molar-refractivity contribution < 1.29 is 13.2 Å². The summed E-state index contributed by atoms with van der Waals surface area (Å²) in [6.07, 6.45) is -3.64. The van der Waals surface area contributed by atoms with Crippen molar-refractivity contribution in [3.8, 4) is 0 Å². The summed E-state index contributed by atoms with van der Waals surface area (Å²) >= 11 is 4.86. The Morgan fingerprint density at radius 2 is 1.94 bits per heavy atom. The van der Waals surface area contributed by atoms with Crippen molar-refractivity contribution >= 4 is 22.9 Å². The van der Waals surface area contributed by atoms with E-state index in [4.69, 9.17) is 18.0 Å². The van der Waals surface area contributed by atoms with Crippen molar-refractivity contribution in [3.63, 3.8) is 0 Å². The minimum Gasteiger partial charge on any atom is -0.389 e. The molecular weight excluding hydrogens is 261 g/mol. The van der Waals surface area contributed by atoms with Gasteiger partial charge in [0.2, 0.25) is 0 Å². The predicted molar refractivity (Wildman–Crippen MR) is 70.9 cm³/mol. The van der Waals surface area contributed by atoms with E-state index >= 15 is 0 Å². The molecule has 2 nitrogen and oxygen atoms in total. The van der Waals surface area contributed by atoms with E-state index in [1.807, 2.05) is 6.92 Å². The lowest BCUT2D eigenvalue weighted by atomic mass is 10.1. The summed E-state index contributed by atoms with van der Waals surface area (Å²) in [5, 5.41) is 0. The Morgan fingerprint density at radius 3 is 2.44 bits per heavy atom. The lowest BCUT2D eigenvalue weighted by Crippen LogP contribution is -2.36. The fourth-order valence-electron chi connectivity index (χ4n) is 1.73. The highest BCUT2D eigenvalue weighted by atomic mass is 32.1. The van der Waals surface area contributed by atoms with Gasteiger partial charge in [0.1, 0.15) is 11.5 Å². The van der Waals surface area contributed by atoms with E-state index in [9.17, 15) is 13.2 Å². The highest BCUT2D eigenvalue weighted by Gasteiger charge is 2.31. The van der Waals surface area contributed by atoms with Gasteiger partial charge in [-0.3, -0.25) is 0 Å². The molecule has 1 aromatic rings. The number of nitrogens with zero attached hydrogens (tertiary/aromatic N) is 1. The molecule has 0 radical (unpaired) electrons. The Kier molecular flexibility index (Phi) is 4.95. The number of para-hydroxylation sites is 1. The van der Waals surface area contributed by atoms with Gasteiger partial charge in [0.05, 0.1) is 0 Å². The molecule has 2 N–H and O–H groups in total. The zero-order valence-corrected chi connectivity index (χ0v) is 10.8. The molecular formula is C12H15F3N2S. The largest absolute Gasteiger partial charge is 0.405 e. The normalized spacial score (nSPS) is 11.3. The van der Waals surface area contributed by atoms with Crippen molar-refractivity contribution in [1.29, 1.82) is 0 Å². The first-order valence-electron chi connectivity index (χ1n) is 5.55. The Labute approximate surface area is 110 Å². The average molecular weight is 276 g/mol. The van der Waals surface area contributed by atoms with Crippen molar-refractivity contribution in [1.82, 2.24) is 0 Å². The third-order valence-corrected chi connectivity index (χ3v) is 2.59. The number of hydrogen-bond donors (Lipinski definition) is 1. The average Bonchev–Trinajstić information content (AvgIpc) is 2.26. The van der Waals surface area contributed by atoms with Gasteiger partial charge in [-0.25, -0.2) is 0 Å². The van der Waals surface area contributed by atoms with Crippen LogP contribution in [0.3, 0.4) is 0 Å². The van der Waals surface area contributed by atoms with Gasteiger partial charge in [-0.15, -0.1) is 0 Å². The number of halogens is 3. The van der Waals surface area contributed by atoms with Crippen LogP contribution in [0.5, 0.6) is 0 Å². The monoisotopic (exact) mass is 276 g/mol. The summed E-state index contributed by atoms with van der Waals surface area (Å²) in [5.41, 5.74) is 6.45.